The first kappa shape index (κ1) is 16.1. The molecular weight excluding hydrogens is 240 g/mol. The van der Waals surface area contributed by atoms with E-state index in [1.807, 2.05) is 0 Å². The first-order chi connectivity index (χ1) is 8.22. The monoisotopic (exact) mass is 258 g/mol. The van der Waals surface area contributed by atoms with Crippen molar-refractivity contribution in [1.82, 2.24) is 9.80 Å². The number of ketones is 1. The molecule has 0 bridgehead atoms. The van der Waals surface area contributed by atoms with Gasteiger partial charge in [0.05, 0.1) is 6.42 Å². The highest BCUT2D eigenvalue weighted by molar-refractivity contribution is 6.39. The van der Waals surface area contributed by atoms with Crippen LogP contribution in [-0.4, -0.2) is 65.7 Å². The van der Waals surface area contributed by atoms with Crippen LogP contribution in [0.25, 0.3) is 0 Å². The molecule has 0 aliphatic rings. The van der Waals surface area contributed by atoms with Gasteiger partial charge in [-0.1, -0.05) is 6.92 Å². The van der Waals surface area contributed by atoms with E-state index in [1.54, 1.807) is 6.92 Å². The van der Waals surface area contributed by atoms with Crippen molar-refractivity contribution in [3.8, 4) is 0 Å². The van der Waals surface area contributed by atoms with Crippen molar-refractivity contribution >= 4 is 23.6 Å². The minimum atomic E-state index is -1.14. The van der Waals surface area contributed by atoms with Gasteiger partial charge in [-0.05, 0) is 6.42 Å². The van der Waals surface area contributed by atoms with Crippen LogP contribution in [0.5, 0.6) is 0 Å². The summed E-state index contributed by atoms with van der Waals surface area (Å²) in [4.78, 5) is 47.2. The zero-order chi connectivity index (χ0) is 14.5. The first-order valence-electron chi connectivity index (χ1n) is 5.45. The van der Waals surface area contributed by atoms with Crippen molar-refractivity contribution < 1.29 is 24.3 Å². The SMILES string of the molecule is CCC(C(=O)O)N(C)C(=O)CC(=O)C(=O)N(C)C. The fraction of sp³-hybridized carbons (Fsp3) is 0.636. The van der Waals surface area contributed by atoms with Gasteiger partial charge in [0.2, 0.25) is 11.7 Å². The lowest BCUT2D eigenvalue weighted by atomic mass is 10.1. The van der Waals surface area contributed by atoms with Crippen LogP contribution in [0.4, 0.5) is 0 Å². The van der Waals surface area contributed by atoms with E-state index in [1.165, 1.54) is 21.1 Å². The van der Waals surface area contributed by atoms with E-state index in [-0.39, 0.29) is 6.42 Å². The first-order valence-corrected chi connectivity index (χ1v) is 5.45. The Kier molecular flexibility index (Phi) is 6.01. The van der Waals surface area contributed by atoms with Crippen molar-refractivity contribution in [3.63, 3.8) is 0 Å². The van der Waals surface area contributed by atoms with E-state index in [4.69, 9.17) is 5.11 Å². The van der Waals surface area contributed by atoms with Gasteiger partial charge < -0.3 is 14.9 Å². The summed E-state index contributed by atoms with van der Waals surface area (Å²) in [5, 5.41) is 8.87. The van der Waals surface area contributed by atoms with Gasteiger partial charge in [-0.2, -0.15) is 0 Å². The fourth-order valence-corrected chi connectivity index (χ4v) is 1.38. The second-order valence-corrected chi connectivity index (χ2v) is 4.07. The summed E-state index contributed by atoms with van der Waals surface area (Å²) < 4.78 is 0. The summed E-state index contributed by atoms with van der Waals surface area (Å²) in [5.41, 5.74) is 0. The molecule has 0 aliphatic heterocycles. The van der Waals surface area contributed by atoms with Crippen molar-refractivity contribution in [2.24, 2.45) is 0 Å². The predicted molar refractivity (Wildman–Crippen MR) is 62.8 cm³/mol. The second kappa shape index (κ2) is 6.73. The van der Waals surface area contributed by atoms with E-state index >= 15 is 0 Å². The number of carboxylic acid groups (broad SMARTS) is 1. The number of amides is 2. The largest absolute Gasteiger partial charge is 0.480 e. The lowest BCUT2D eigenvalue weighted by molar-refractivity contribution is -0.151. The molecule has 0 aromatic rings. The molecule has 102 valence electrons. The van der Waals surface area contributed by atoms with Crippen molar-refractivity contribution in [2.75, 3.05) is 21.1 Å². The number of carbonyl (C=O) groups excluding carboxylic acids is 3. The van der Waals surface area contributed by atoms with Gasteiger partial charge in [0.15, 0.2) is 0 Å². The van der Waals surface area contributed by atoms with E-state index in [9.17, 15) is 19.2 Å². The Morgan fingerprint density at radius 2 is 1.61 bits per heavy atom. The van der Waals surface area contributed by atoms with Gasteiger partial charge in [0, 0.05) is 21.1 Å². The summed E-state index contributed by atoms with van der Waals surface area (Å²) in [6, 6.07) is -0.986. The Balaban J connectivity index is 4.63. The Labute approximate surface area is 105 Å². The fourth-order valence-electron chi connectivity index (χ4n) is 1.38. The molecular formula is C11H18N2O5. The van der Waals surface area contributed by atoms with Crippen molar-refractivity contribution in [2.45, 2.75) is 25.8 Å². The van der Waals surface area contributed by atoms with Gasteiger partial charge >= 0.3 is 5.97 Å². The van der Waals surface area contributed by atoms with E-state index < -0.39 is 36.0 Å². The average Bonchev–Trinajstić information content (AvgIpc) is 2.27. The number of hydrogen-bond donors (Lipinski definition) is 1. The predicted octanol–water partition coefficient (Wildman–Crippen LogP) is -0.645. The number of aliphatic carboxylic acids is 1. The van der Waals surface area contributed by atoms with E-state index in [2.05, 4.69) is 0 Å². The molecule has 0 saturated heterocycles. The number of carbonyl (C=O) groups is 4. The number of likely N-dealkylation sites (N-methyl/N-ethyl adjacent to an activating group) is 2. The summed E-state index contributed by atoms with van der Waals surface area (Å²) >= 11 is 0. The van der Waals surface area contributed by atoms with Crippen LogP contribution in [0.1, 0.15) is 19.8 Å². The number of carboxylic acids is 1. The van der Waals surface area contributed by atoms with Crippen LogP contribution < -0.4 is 0 Å². The lowest BCUT2D eigenvalue weighted by Gasteiger charge is -2.23. The normalized spacial score (nSPS) is 11.6. The highest BCUT2D eigenvalue weighted by Gasteiger charge is 2.28. The number of rotatable bonds is 6. The minimum Gasteiger partial charge on any atom is -0.480 e. The van der Waals surface area contributed by atoms with Gasteiger partial charge in [-0.15, -0.1) is 0 Å². The van der Waals surface area contributed by atoms with Gasteiger partial charge in [0.1, 0.15) is 6.04 Å². The highest BCUT2D eigenvalue weighted by Crippen LogP contribution is 2.05. The molecule has 0 saturated carbocycles. The number of hydrogen-bond acceptors (Lipinski definition) is 4. The lowest BCUT2D eigenvalue weighted by Crippen LogP contribution is -2.43. The third-order valence-electron chi connectivity index (χ3n) is 2.49. The molecule has 18 heavy (non-hydrogen) atoms. The summed E-state index contributed by atoms with van der Waals surface area (Å²) in [6.45, 7) is 1.62. The molecule has 0 aliphatic carbocycles. The molecule has 0 aromatic heterocycles. The molecule has 0 rings (SSSR count). The molecule has 0 spiro atoms. The zero-order valence-electron chi connectivity index (χ0n) is 11.0. The van der Waals surface area contributed by atoms with Crippen LogP contribution in [0.2, 0.25) is 0 Å². The van der Waals surface area contributed by atoms with Crippen molar-refractivity contribution in [1.29, 1.82) is 0 Å². The molecule has 0 radical (unpaired) electrons. The van der Waals surface area contributed by atoms with Crippen LogP contribution >= 0.6 is 0 Å². The van der Waals surface area contributed by atoms with Crippen LogP contribution in [0.3, 0.4) is 0 Å². The second-order valence-electron chi connectivity index (χ2n) is 4.07. The summed E-state index contributed by atoms with van der Waals surface area (Å²) in [5.74, 6) is -3.44. The van der Waals surface area contributed by atoms with Crippen LogP contribution in [0.15, 0.2) is 0 Å². The van der Waals surface area contributed by atoms with Gasteiger partial charge in [0.25, 0.3) is 5.91 Å². The Bertz CT molecular complexity index is 364. The maximum atomic E-state index is 11.7. The van der Waals surface area contributed by atoms with E-state index in [0.29, 0.717) is 0 Å². The third-order valence-corrected chi connectivity index (χ3v) is 2.49. The van der Waals surface area contributed by atoms with Crippen LogP contribution in [-0.2, 0) is 19.2 Å². The standard InChI is InChI=1S/C11H18N2O5/c1-5-7(11(17)18)13(4)9(15)6-8(14)10(16)12(2)3/h7H,5-6H2,1-4H3,(H,17,18). The molecule has 2 amide bonds. The average molecular weight is 258 g/mol. The maximum absolute atomic E-state index is 11.7. The quantitative estimate of drug-likeness (QED) is 0.505. The van der Waals surface area contributed by atoms with Crippen molar-refractivity contribution in [3.05, 3.63) is 0 Å². The number of Topliss-reactive ketones (excluding diaryl/α,β-unsaturated/α-hetero) is 1. The number of nitrogens with zero attached hydrogens (tertiary/aromatic N) is 2. The molecule has 0 heterocycles. The highest BCUT2D eigenvalue weighted by atomic mass is 16.4. The molecule has 0 aromatic carbocycles. The smallest absolute Gasteiger partial charge is 0.326 e. The van der Waals surface area contributed by atoms with Crippen LogP contribution in [0, 0.1) is 0 Å². The third kappa shape index (κ3) is 4.15. The Morgan fingerprint density at radius 3 is 1.94 bits per heavy atom. The zero-order valence-corrected chi connectivity index (χ0v) is 11.0. The Hall–Kier alpha value is -1.92. The maximum Gasteiger partial charge on any atom is 0.326 e. The topological polar surface area (TPSA) is 95.0 Å². The summed E-state index contributed by atoms with van der Waals surface area (Å²) in [6.07, 6.45) is -0.384. The molecule has 1 unspecified atom stereocenters. The van der Waals surface area contributed by atoms with Gasteiger partial charge in [-0.3, -0.25) is 14.4 Å². The van der Waals surface area contributed by atoms with E-state index in [0.717, 1.165) is 9.80 Å². The molecule has 7 heteroatoms. The molecule has 1 N–H and O–H groups in total. The minimum absolute atomic E-state index is 0.230. The molecule has 7 nitrogen and oxygen atoms in total. The molecule has 0 fully saturated rings. The molecule has 1 atom stereocenters. The summed E-state index contributed by atoms with van der Waals surface area (Å²) in [7, 11) is 4.11. The Morgan fingerprint density at radius 1 is 1.11 bits per heavy atom. The van der Waals surface area contributed by atoms with Gasteiger partial charge in [-0.25, -0.2) is 4.79 Å².